The van der Waals surface area contributed by atoms with Gasteiger partial charge in [-0.15, -0.1) is 6.58 Å². The van der Waals surface area contributed by atoms with Crippen molar-refractivity contribution in [2.45, 2.75) is 31.8 Å². The second-order valence-electron chi connectivity index (χ2n) is 6.21. The predicted molar refractivity (Wildman–Crippen MR) is 95.3 cm³/mol. The molecule has 1 saturated heterocycles. The first-order valence-electron chi connectivity index (χ1n) is 8.32. The standard InChI is InChI=1S/C20H22N2O2/c1-2-3-11-19(23)21-17-12-20(24)22(14-17)13-16-9-6-8-15-7-4-5-10-18(15)16/h2,4-10,17H,1,3,11-14H2,(H,21,23)/t17-/m1/s1. The van der Waals surface area contributed by atoms with E-state index in [9.17, 15) is 9.59 Å². The van der Waals surface area contributed by atoms with Crippen molar-refractivity contribution in [1.29, 1.82) is 0 Å². The Bertz CT molecular complexity index is 764. The highest BCUT2D eigenvalue weighted by Crippen LogP contribution is 2.22. The van der Waals surface area contributed by atoms with Crippen LogP contribution < -0.4 is 5.32 Å². The maximum Gasteiger partial charge on any atom is 0.225 e. The van der Waals surface area contributed by atoms with E-state index in [1.165, 1.54) is 10.8 Å². The average molecular weight is 322 g/mol. The van der Waals surface area contributed by atoms with Gasteiger partial charge in [0.05, 0.1) is 6.04 Å². The lowest BCUT2D eigenvalue weighted by molar-refractivity contribution is -0.128. The number of likely N-dealkylation sites (tertiary alicyclic amines) is 1. The molecule has 0 saturated carbocycles. The van der Waals surface area contributed by atoms with Crippen molar-refractivity contribution in [3.63, 3.8) is 0 Å². The Balaban J connectivity index is 1.66. The fourth-order valence-electron chi connectivity index (χ4n) is 3.19. The molecule has 1 fully saturated rings. The molecule has 0 unspecified atom stereocenters. The van der Waals surface area contributed by atoms with E-state index >= 15 is 0 Å². The smallest absolute Gasteiger partial charge is 0.225 e. The van der Waals surface area contributed by atoms with Gasteiger partial charge in [-0.25, -0.2) is 0 Å². The normalized spacial score (nSPS) is 17.2. The van der Waals surface area contributed by atoms with Gasteiger partial charge in [-0.05, 0) is 22.8 Å². The number of nitrogens with zero attached hydrogens (tertiary/aromatic N) is 1. The average Bonchev–Trinajstić information content (AvgIpc) is 2.92. The zero-order chi connectivity index (χ0) is 16.9. The van der Waals surface area contributed by atoms with E-state index in [4.69, 9.17) is 0 Å². The molecule has 1 atom stereocenters. The number of hydrogen-bond donors (Lipinski definition) is 1. The summed E-state index contributed by atoms with van der Waals surface area (Å²) >= 11 is 0. The van der Waals surface area contributed by atoms with Gasteiger partial charge in [-0.3, -0.25) is 9.59 Å². The van der Waals surface area contributed by atoms with Crippen molar-refractivity contribution in [2.75, 3.05) is 6.54 Å². The Morgan fingerprint density at radius 3 is 2.88 bits per heavy atom. The van der Waals surface area contributed by atoms with Crippen LogP contribution in [0.25, 0.3) is 10.8 Å². The molecule has 3 rings (SSSR count). The summed E-state index contributed by atoms with van der Waals surface area (Å²) in [6.07, 6.45) is 3.19. The maximum atomic E-state index is 12.3. The van der Waals surface area contributed by atoms with E-state index in [0.717, 1.165) is 5.56 Å². The molecular weight excluding hydrogens is 300 g/mol. The lowest BCUT2D eigenvalue weighted by Crippen LogP contribution is -2.36. The van der Waals surface area contributed by atoms with Crippen molar-refractivity contribution in [3.8, 4) is 0 Å². The van der Waals surface area contributed by atoms with E-state index in [0.29, 0.717) is 32.4 Å². The molecule has 0 spiro atoms. The van der Waals surface area contributed by atoms with Crippen molar-refractivity contribution < 1.29 is 9.59 Å². The Hall–Kier alpha value is -2.62. The van der Waals surface area contributed by atoms with Gasteiger partial charge in [0.1, 0.15) is 0 Å². The van der Waals surface area contributed by atoms with Gasteiger partial charge in [-0.2, -0.15) is 0 Å². The van der Waals surface area contributed by atoms with Crippen LogP contribution in [0.4, 0.5) is 0 Å². The third-order valence-electron chi connectivity index (χ3n) is 4.40. The largest absolute Gasteiger partial charge is 0.351 e. The van der Waals surface area contributed by atoms with Gasteiger partial charge in [0.25, 0.3) is 0 Å². The molecule has 2 aromatic carbocycles. The molecule has 24 heavy (non-hydrogen) atoms. The molecule has 0 bridgehead atoms. The van der Waals surface area contributed by atoms with Crippen LogP contribution in [-0.4, -0.2) is 29.3 Å². The summed E-state index contributed by atoms with van der Waals surface area (Å²) in [5, 5.41) is 5.30. The van der Waals surface area contributed by atoms with E-state index in [2.05, 4.69) is 36.2 Å². The number of rotatable bonds is 6. The predicted octanol–water partition coefficient (Wildman–Crippen LogP) is 3.02. The number of hydrogen-bond acceptors (Lipinski definition) is 2. The van der Waals surface area contributed by atoms with Crippen molar-refractivity contribution in [3.05, 3.63) is 60.7 Å². The van der Waals surface area contributed by atoms with Gasteiger partial charge in [0.15, 0.2) is 0 Å². The SMILES string of the molecule is C=CCCC(=O)N[C@@H]1CC(=O)N(Cc2cccc3ccccc23)C1. The zero-order valence-corrected chi connectivity index (χ0v) is 13.7. The highest BCUT2D eigenvalue weighted by molar-refractivity contribution is 5.87. The summed E-state index contributed by atoms with van der Waals surface area (Å²) in [5.41, 5.74) is 1.14. The Labute approximate surface area is 142 Å². The molecule has 0 aromatic heterocycles. The Kier molecular flexibility index (Phi) is 4.94. The quantitative estimate of drug-likeness (QED) is 0.831. The van der Waals surface area contributed by atoms with E-state index < -0.39 is 0 Å². The van der Waals surface area contributed by atoms with Gasteiger partial charge in [-0.1, -0.05) is 48.5 Å². The molecule has 1 N–H and O–H groups in total. The first kappa shape index (κ1) is 16.2. The lowest BCUT2D eigenvalue weighted by Gasteiger charge is -2.18. The van der Waals surface area contributed by atoms with Crippen molar-refractivity contribution >= 4 is 22.6 Å². The van der Waals surface area contributed by atoms with Crippen molar-refractivity contribution in [2.24, 2.45) is 0 Å². The van der Waals surface area contributed by atoms with Crippen LogP contribution in [0.3, 0.4) is 0 Å². The highest BCUT2D eigenvalue weighted by Gasteiger charge is 2.30. The van der Waals surface area contributed by atoms with Gasteiger partial charge in [0.2, 0.25) is 11.8 Å². The third-order valence-corrected chi connectivity index (χ3v) is 4.40. The number of carbonyl (C=O) groups is 2. The van der Waals surface area contributed by atoms with Gasteiger partial charge < -0.3 is 10.2 Å². The molecule has 2 aromatic rings. The molecule has 0 aliphatic carbocycles. The fraction of sp³-hybridized carbons (Fsp3) is 0.300. The lowest BCUT2D eigenvalue weighted by atomic mass is 10.0. The fourth-order valence-corrected chi connectivity index (χ4v) is 3.19. The van der Waals surface area contributed by atoms with Gasteiger partial charge in [0, 0.05) is 25.9 Å². The monoisotopic (exact) mass is 322 g/mol. The summed E-state index contributed by atoms with van der Waals surface area (Å²) in [5.74, 6) is 0.0802. The van der Waals surface area contributed by atoms with Crippen LogP contribution in [0.15, 0.2) is 55.1 Å². The molecule has 124 valence electrons. The molecular formula is C20H22N2O2. The maximum absolute atomic E-state index is 12.3. The van der Waals surface area contributed by atoms with Crippen LogP contribution >= 0.6 is 0 Å². The van der Waals surface area contributed by atoms with E-state index in [1.54, 1.807) is 6.08 Å². The second kappa shape index (κ2) is 7.30. The minimum Gasteiger partial charge on any atom is -0.351 e. The van der Waals surface area contributed by atoms with E-state index in [1.807, 2.05) is 23.1 Å². The van der Waals surface area contributed by atoms with Gasteiger partial charge >= 0.3 is 0 Å². The minimum atomic E-state index is -0.0928. The highest BCUT2D eigenvalue weighted by atomic mass is 16.2. The summed E-state index contributed by atoms with van der Waals surface area (Å²) in [6.45, 7) is 4.77. The summed E-state index contributed by atoms with van der Waals surface area (Å²) in [7, 11) is 0. The molecule has 4 heteroatoms. The first-order valence-corrected chi connectivity index (χ1v) is 8.32. The second-order valence-corrected chi connectivity index (χ2v) is 6.21. The minimum absolute atomic E-state index is 0.0142. The van der Waals surface area contributed by atoms with Crippen LogP contribution in [0, 0.1) is 0 Å². The van der Waals surface area contributed by atoms with Crippen LogP contribution in [0.5, 0.6) is 0 Å². The number of fused-ring (bicyclic) bond motifs is 1. The zero-order valence-electron chi connectivity index (χ0n) is 13.7. The molecule has 4 nitrogen and oxygen atoms in total. The molecule has 2 amide bonds. The molecule has 1 heterocycles. The van der Waals surface area contributed by atoms with Crippen LogP contribution in [0.1, 0.15) is 24.8 Å². The number of benzene rings is 2. The van der Waals surface area contributed by atoms with Crippen LogP contribution in [-0.2, 0) is 16.1 Å². The Morgan fingerprint density at radius 2 is 2.04 bits per heavy atom. The molecule has 1 aliphatic heterocycles. The third kappa shape index (κ3) is 3.65. The van der Waals surface area contributed by atoms with Crippen LogP contribution in [0.2, 0.25) is 0 Å². The molecule has 1 aliphatic rings. The summed E-state index contributed by atoms with van der Waals surface area (Å²) < 4.78 is 0. The number of allylic oxidation sites excluding steroid dienone is 1. The number of carbonyl (C=O) groups excluding carboxylic acids is 2. The summed E-state index contributed by atoms with van der Waals surface area (Å²) in [6, 6.07) is 14.3. The number of nitrogens with one attached hydrogen (secondary N) is 1. The molecule has 0 radical (unpaired) electrons. The Morgan fingerprint density at radius 1 is 1.25 bits per heavy atom. The van der Waals surface area contributed by atoms with E-state index in [-0.39, 0.29) is 17.9 Å². The first-order chi connectivity index (χ1) is 11.7. The number of amides is 2. The summed E-state index contributed by atoms with van der Waals surface area (Å²) in [4.78, 5) is 25.9. The topological polar surface area (TPSA) is 49.4 Å². The van der Waals surface area contributed by atoms with Crippen molar-refractivity contribution in [1.82, 2.24) is 10.2 Å².